The minimum atomic E-state index is -1.48. The van der Waals surface area contributed by atoms with Crippen molar-refractivity contribution in [1.29, 1.82) is 5.26 Å². The SMILES string of the molecule is Cc1nn(-c2ccccc2)c2c1[C@@]1(C(=O)Nc3ccc(Cl)cc31)C(C#N)=C(N)O2. The highest BCUT2D eigenvalue weighted by molar-refractivity contribution is 6.31. The molecule has 0 radical (unpaired) electrons. The number of hydrogen-bond acceptors (Lipinski definition) is 5. The number of fused-ring (bicyclic) bond motifs is 4. The minimum Gasteiger partial charge on any atom is -0.422 e. The van der Waals surface area contributed by atoms with Gasteiger partial charge in [-0.05, 0) is 37.3 Å². The molecule has 0 bridgehead atoms. The second-order valence-corrected chi connectivity index (χ2v) is 7.30. The summed E-state index contributed by atoms with van der Waals surface area (Å²) in [6, 6.07) is 16.5. The molecule has 142 valence electrons. The van der Waals surface area contributed by atoms with Gasteiger partial charge in [0.1, 0.15) is 17.1 Å². The highest BCUT2D eigenvalue weighted by Crippen LogP contribution is 2.54. The third kappa shape index (κ3) is 2.12. The van der Waals surface area contributed by atoms with Gasteiger partial charge < -0.3 is 15.8 Å². The van der Waals surface area contributed by atoms with E-state index in [-0.39, 0.29) is 11.5 Å². The van der Waals surface area contributed by atoms with Crippen LogP contribution in [-0.2, 0) is 10.2 Å². The Balaban J connectivity index is 1.91. The van der Waals surface area contributed by atoms with E-state index >= 15 is 0 Å². The third-order valence-corrected chi connectivity index (χ3v) is 5.54. The number of aryl methyl sites for hydroxylation is 1. The normalized spacial score (nSPS) is 19.4. The number of nitrogens with two attached hydrogens (primary N) is 1. The van der Waals surface area contributed by atoms with Crippen LogP contribution in [0.3, 0.4) is 0 Å². The number of nitriles is 1. The Kier molecular flexibility index (Phi) is 3.51. The van der Waals surface area contributed by atoms with Gasteiger partial charge in [0, 0.05) is 16.3 Å². The first-order valence-corrected chi connectivity index (χ1v) is 9.21. The Labute approximate surface area is 171 Å². The van der Waals surface area contributed by atoms with Crippen LogP contribution in [0.5, 0.6) is 5.88 Å². The van der Waals surface area contributed by atoms with Crippen LogP contribution < -0.4 is 15.8 Å². The zero-order chi connectivity index (χ0) is 20.3. The molecule has 5 rings (SSSR count). The Morgan fingerprint density at radius 1 is 1.28 bits per heavy atom. The van der Waals surface area contributed by atoms with Crippen molar-refractivity contribution in [2.75, 3.05) is 5.32 Å². The van der Waals surface area contributed by atoms with E-state index in [0.717, 1.165) is 5.69 Å². The number of hydrogen-bond donors (Lipinski definition) is 2. The predicted octanol–water partition coefficient (Wildman–Crippen LogP) is 3.16. The summed E-state index contributed by atoms with van der Waals surface area (Å²) >= 11 is 6.25. The molecule has 0 aliphatic carbocycles. The summed E-state index contributed by atoms with van der Waals surface area (Å²) in [5, 5.41) is 17.8. The molecular formula is C21H14ClN5O2. The Morgan fingerprint density at radius 2 is 2.03 bits per heavy atom. The molecule has 1 aromatic heterocycles. The standard InChI is InChI=1S/C21H14ClN5O2/c1-11-17-19(27(26-11)13-5-3-2-4-6-13)29-18(24)15(10-23)21(17)14-9-12(22)7-8-16(14)25-20(21)28/h2-9H,24H2,1H3,(H,25,28)/t21-/m0/s1. The zero-order valence-electron chi connectivity index (χ0n) is 15.2. The number of carbonyl (C=O) groups excluding carboxylic acids is 1. The molecular weight excluding hydrogens is 390 g/mol. The van der Waals surface area contributed by atoms with Crippen LogP contribution in [0, 0.1) is 18.3 Å². The molecule has 2 aliphatic heterocycles. The summed E-state index contributed by atoms with van der Waals surface area (Å²) in [5.41, 5.74) is 7.57. The maximum absolute atomic E-state index is 13.4. The van der Waals surface area contributed by atoms with Gasteiger partial charge in [0.05, 0.1) is 16.9 Å². The van der Waals surface area contributed by atoms with Crippen LogP contribution in [0.15, 0.2) is 60.0 Å². The van der Waals surface area contributed by atoms with Crippen molar-refractivity contribution in [2.24, 2.45) is 5.73 Å². The number of nitrogens with one attached hydrogen (secondary N) is 1. The van der Waals surface area contributed by atoms with Gasteiger partial charge in [-0.15, -0.1) is 0 Å². The second-order valence-electron chi connectivity index (χ2n) is 6.86. The lowest BCUT2D eigenvalue weighted by molar-refractivity contribution is -0.118. The van der Waals surface area contributed by atoms with E-state index in [1.165, 1.54) is 0 Å². The first kappa shape index (κ1) is 17.3. The minimum absolute atomic E-state index is 0.0132. The van der Waals surface area contributed by atoms with Crippen LogP contribution in [0.25, 0.3) is 5.69 Å². The zero-order valence-corrected chi connectivity index (χ0v) is 16.0. The summed E-state index contributed by atoms with van der Waals surface area (Å²) < 4.78 is 7.43. The van der Waals surface area contributed by atoms with E-state index in [1.54, 1.807) is 29.8 Å². The molecule has 29 heavy (non-hydrogen) atoms. The molecule has 2 aromatic carbocycles. The van der Waals surface area contributed by atoms with Crippen LogP contribution in [0.2, 0.25) is 5.02 Å². The molecule has 0 unspecified atom stereocenters. The number of halogens is 1. The van der Waals surface area contributed by atoms with Crippen molar-refractivity contribution in [3.63, 3.8) is 0 Å². The molecule has 2 aliphatic rings. The Hall–Kier alpha value is -3.76. The van der Waals surface area contributed by atoms with Crippen molar-refractivity contribution in [2.45, 2.75) is 12.3 Å². The fourth-order valence-corrected chi connectivity index (χ4v) is 4.32. The van der Waals surface area contributed by atoms with Gasteiger partial charge in [0.15, 0.2) is 0 Å². The van der Waals surface area contributed by atoms with Crippen molar-refractivity contribution in [3.8, 4) is 17.6 Å². The number of amides is 1. The van der Waals surface area contributed by atoms with Crippen molar-refractivity contribution in [1.82, 2.24) is 9.78 Å². The van der Waals surface area contributed by atoms with Crippen LogP contribution in [0.1, 0.15) is 16.8 Å². The number of benzene rings is 2. The number of ether oxygens (including phenoxy) is 1. The van der Waals surface area contributed by atoms with Crippen LogP contribution in [0.4, 0.5) is 5.69 Å². The highest BCUT2D eigenvalue weighted by atomic mass is 35.5. The topological polar surface area (TPSA) is 106 Å². The van der Waals surface area contributed by atoms with Crippen LogP contribution >= 0.6 is 11.6 Å². The number of aromatic nitrogens is 2. The largest absolute Gasteiger partial charge is 0.422 e. The highest BCUT2D eigenvalue weighted by Gasteiger charge is 2.58. The average molecular weight is 404 g/mol. The summed E-state index contributed by atoms with van der Waals surface area (Å²) in [7, 11) is 0. The van der Waals surface area contributed by atoms with E-state index in [9.17, 15) is 10.1 Å². The molecule has 1 amide bonds. The monoisotopic (exact) mass is 403 g/mol. The van der Waals surface area contributed by atoms with E-state index in [1.807, 2.05) is 30.3 Å². The number of rotatable bonds is 1. The van der Waals surface area contributed by atoms with Gasteiger partial charge in [-0.1, -0.05) is 29.8 Å². The predicted molar refractivity (Wildman–Crippen MR) is 107 cm³/mol. The van der Waals surface area contributed by atoms with Crippen LogP contribution in [-0.4, -0.2) is 15.7 Å². The van der Waals surface area contributed by atoms with Crippen molar-refractivity contribution in [3.05, 3.63) is 81.8 Å². The van der Waals surface area contributed by atoms with Gasteiger partial charge in [0.25, 0.3) is 0 Å². The summed E-state index contributed by atoms with van der Waals surface area (Å²) in [6.45, 7) is 1.77. The molecule has 1 spiro atoms. The molecule has 3 aromatic rings. The summed E-state index contributed by atoms with van der Waals surface area (Å²) in [5.74, 6) is -0.234. The van der Waals surface area contributed by atoms with Gasteiger partial charge >= 0.3 is 0 Å². The number of anilines is 1. The molecule has 8 heteroatoms. The Bertz CT molecular complexity index is 1270. The molecule has 0 saturated heterocycles. The van der Waals surface area contributed by atoms with Crippen molar-refractivity contribution >= 4 is 23.2 Å². The van der Waals surface area contributed by atoms with Gasteiger partial charge in [-0.3, -0.25) is 4.79 Å². The second kappa shape index (κ2) is 5.87. The summed E-state index contributed by atoms with van der Waals surface area (Å²) in [4.78, 5) is 13.4. The third-order valence-electron chi connectivity index (χ3n) is 5.31. The maximum Gasteiger partial charge on any atom is 0.245 e. The van der Waals surface area contributed by atoms with Gasteiger partial charge in [-0.25, -0.2) is 4.68 Å². The van der Waals surface area contributed by atoms with E-state index < -0.39 is 11.3 Å². The lowest BCUT2D eigenvalue weighted by Gasteiger charge is -2.32. The quantitative estimate of drug-likeness (QED) is 0.649. The fraction of sp³-hybridized carbons (Fsp3) is 0.0952. The fourth-order valence-electron chi connectivity index (χ4n) is 4.15. The first-order valence-electron chi connectivity index (χ1n) is 8.83. The molecule has 0 fully saturated rings. The average Bonchev–Trinajstić information content (AvgIpc) is 3.18. The Morgan fingerprint density at radius 3 is 2.76 bits per heavy atom. The lowest BCUT2D eigenvalue weighted by atomic mass is 9.69. The van der Waals surface area contributed by atoms with E-state index in [0.29, 0.717) is 33.4 Å². The molecule has 1 atom stereocenters. The van der Waals surface area contributed by atoms with Crippen molar-refractivity contribution < 1.29 is 9.53 Å². The van der Waals surface area contributed by atoms with Gasteiger partial charge in [-0.2, -0.15) is 10.4 Å². The van der Waals surface area contributed by atoms with Gasteiger partial charge in [0.2, 0.25) is 17.7 Å². The number of carbonyl (C=O) groups is 1. The maximum atomic E-state index is 13.4. The molecule has 0 saturated carbocycles. The smallest absolute Gasteiger partial charge is 0.245 e. The lowest BCUT2D eigenvalue weighted by Crippen LogP contribution is -2.42. The summed E-state index contributed by atoms with van der Waals surface area (Å²) in [6.07, 6.45) is 0. The number of nitrogens with zero attached hydrogens (tertiary/aromatic N) is 3. The molecule has 3 N–H and O–H groups in total. The van der Waals surface area contributed by atoms with E-state index in [4.69, 9.17) is 22.1 Å². The molecule has 7 nitrogen and oxygen atoms in total. The van der Waals surface area contributed by atoms with E-state index in [2.05, 4.69) is 16.5 Å². The number of para-hydroxylation sites is 1. The first-order chi connectivity index (χ1) is 14.0. The molecule has 3 heterocycles.